The maximum Gasteiger partial charge on any atom is 0.137 e. The van der Waals surface area contributed by atoms with Crippen LogP contribution in [0.15, 0.2) is 18.2 Å². The highest BCUT2D eigenvalue weighted by Crippen LogP contribution is 2.36. The molecule has 0 fully saturated rings. The van der Waals surface area contributed by atoms with E-state index in [-0.39, 0.29) is 6.04 Å². The average molecular weight is 289 g/mol. The fraction of sp³-hybridized carbons (Fsp3) is 0.400. The Balaban J connectivity index is 2.49. The third-order valence-corrected chi connectivity index (χ3v) is 3.31. The molecule has 0 radical (unpaired) electrons. The third kappa shape index (κ3) is 1.55. The highest BCUT2D eigenvalue weighted by atomic mass is 127. The molecule has 2 unspecified atom stereocenters. The quantitative estimate of drug-likeness (QED) is 0.744. The number of nitrogens with two attached hydrogens (primary N) is 1. The lowest BCUT2D eigenvalue weighted by Gasteiger charge is -2.29. The van der Waals surface area contributed by atoms with Gasteiger partial charge in [-0.3, -0.25) is 0 Å². The Kier molecular flexibility index (Phi) is 2.47. The van der Waals surface area contributed by atoms with Gasteiger partial charge < -0.3 is 10.5 Å². The summed E-state index contributed by atoms with van der Waals surface area (Å²) in [7, 11) is 0. The lowest BCUT2D eigenvalue weighted by molar-refractivity contribution is 0.206. The van der Waals surface area contributed by atoms with Crippen LogP contribution in [-0.2, 0) is 0 Å². The summed E-state index contributed by atoms with van der Waals surface area (Å²) in [5.74, 6) is 1.39. The molecule has 3 heteroatoms. The van der Waals surface area contributed by atoms with E-state index in [9.17, 15) is 0 Å². The van der Waals surface area contributed by atoms with Gasteiger partial charge in [0.25, 0.3) is 0 Å². The van der Waals surface area contributed by atoms with E-state index in [1.54, 1.807) is 0 Å². The molecule has 0 amide bonds. The van der Waals surface area contributed by atoms with Crippen molar-refractivity contribution in [2.24, 2.45) is 11.7 Å². The topological polar surface area (TPSA) is 35.2 Å². The fourth-order valence-corrected chi connectivity index (χ4v) is 2.24. The van der Waals surface area contributed by atoms with Crippen molar-refractivity contribution in [3.8, 4) is 5.75 Å². The Morgan fingerprint density at radius 2 is 2.31 bits per heavy atom. The van der Waals surface area contributed by atoms with Crippen LogP contribution in [0.4, 0.5) is 0 Å². The molecule has 1 heterocycles. The molecule has 2 N–H and O–H groups in total. The molecule has 2 rings (SSSR count). The van der Waals surface area contributed by atoms with Crippen LogP contribution in [-0.4, -0.2) is 6.61 Å². The summed E-state index contributed by atoms with van der Waals surface area (Å²) in [6, 6.07) is 6.25. The first-order valence-corrected chi connectivity index (χ1v) is 5.45. The molecular formula is C10H12INO. The van der Waals surface area contributed by atoms with Crippen LogP contribution in [0, 0.1) is 9.49 Å². The molecule has 1 aromatic carbocycles. The minimum Gasteiger partial charge on any atom is -0.492 e. The summed E-state index contributed by atoms with van der Waals surface area (Å²) in [5, 5.41) is 0. The number of para-hydroxylation sites is 1. The van der Waals surface area contributed by atoms with E-state index in [1.165, 1.54) is 0 Å². The predicted molar refractivity (Wildman–Crippen MR) is 60.7 cm³/mol. The van der Waals surface area contributed by atoms with Crippen LogP contribution in [0.5, 0.6) is 5.75 Å². The summed E-state index contributed by atoms with van der Waals surface area (Å²) < 4.78 is 6.80. The largest absolute Gasteiger partial charge is 0.492 e. The number of halogens is 1. The van der Waals surface area contributed by atoms with Gasteiger partial charge in [0.2, 0.25) is 0 Å². The normalized spacial score (nSPS) is 26.4. The lowest BCUT2D eigenvalue weighted by atomic mass is 9.93. The molecular weight excluding hydrogens is 277 g/mol. The molecule has 2 nitrogen and oxygen atoms in total. The zero-order valence-corrected chi connectivity index (χ0v) is 9.61. The zero-order valence-electron chi connectivity index (χ0n) is 7.46. The molecule has 2 atom stereocenters. The van der Waals surface area contributed by atoms with Crippen LogP contribution < -0.4 is 10.5 Å². The first-order valence-electron chi connectivity index (χ1n) is 4.37. The number of fused-ring (bicyclic) bond motifs is 1. The van der Waals surface area contributed by atoms with Gasteiger partial charge >= 0.3 is 0 Å². The van der Waals surface area contributed by atoms with E-state index in [0.29, 0.717) is 5.92 Å². The smallest absolute Gasteiger partial charge is 0.137 e. The minimum atomic E-state index is 0.124. The fourth-order valence-electron chi connectivity index (χ4n) is 1.57. The summed E-state index contributed by atoms with van der Waals surface area (Å²) in [5.41, 5.74) is 7.22. The summed E-state index contributed by atoms with van der Waals surface area (Å²) in [6.07, 6.45) is 0. The van der Waals surface area contributed by atoms with Gasteiger partial charge in [-0.1, -0.05) is 19.1 Å². The first-order chi connectivity index (χ1) is 6.20. The molecule has 70 valence electrons. The Morgan fingerprint density at radius 1 is 1.54 bits per heavy atom. The van der Waals surface area contributed by atoms with Gasteiger partial charge in [0.15, 0.2) is 0 Å². The van der Waals surface area contributed by atoms with Gasteiger partial charge in [-0.15, -0.1) is 0 Å². The van der Waals surface area contributed by atoms with Crippen molar-refractivity contribution in [2.75, 3.05) is 6.61 Å². The second kappa shape index (κ2) is 3.46. The third-order valence-electron chi connectivity index (χ3n) is 2.46. The minimum absolute atomic E-state index is 0.124. The standard InChI is InChI=1S/C10H12INO/c1-6-5-13-10-7(9(6)12)3-2-4-8(10)11/h2-4,6,9H,5,12H2,1H3. The molecule has 0 saturated heterocycles. The monoisotopic (exact) mass is 289 g/mol. The Hall–Kier alpha value is -0.290. The summed E-state index contributed by atoms with van der Waals surface area (Å²) in [6.45, 7) is 2.85. The van der Waals surface area contributed by atoms with Crippen molar-refractivity contribution in [2.45, 2.75) is 13.0 Å². The van der Waals surface area contributed by atoms with E-state index < -0.39 is 0 Å². The maximum atomic E-state index is 6.08. The van der Waals surface area contributed by atoms with Crippen LogP contribution in [0.1, 0.15) is 18.5 Å². The average Bonchev–Trinajstić information content (AvgIpc) is 2.12. The number of hydrogen-bond acceptors (Lipinski definition) is 2. The highest BCUT2D eigenvalue weighted by molar-refractivity contribution is 14.1. The van der Waals surface area contributed by atoms with Crippen molar-refractivity contribution in [1.29, 1.82) is 0 Å². The Labute approximate surface area is 91.6 Å². The number of ether oxygens (including phenoxy) is 1. The van der Waals surface area contributed by atoms with Gasteiger partial charge in [-0.2, -0.15) is 0 Å². The number of benzene rings is 1. The lowest BCUT2D eigenvalue weighted by Crippen LogP contribution is -2.29. The van der Waals surface area contributed by atoms with E-state index in [4.69, 9.17) is 10.5 Å². The second-order valence-electron chi connectivity index (χ2n) is 3.47. The number of rotatable bonds is 0. The zero-order chi connectivity index (χ0) is 9.42. The van der Waals surface area contributed by atoms with E-state index in [2.05, 4.69) is 35.6 Å². The number of hydrogen-bond donors (Lipinski definition) is 1. The summed E-state index contributed by atoms with van der Waals surface area (Å²) >= 11 is 2.28. The molecule has 0 bridgehead atoms. The molecule has 1 aliphatic rings. The molecule has 0 aliphatic carbocycles. The van der Waals surface area contributed by atoms with E-state index in [1.807, 2.05) is 12.1 Å². The molecule has 1 aromatic rings. The van der Waals surface area contributed by atoms with Crippen LogP contribution in [0.2, 0.25) is 0 Å². The van der Waals surface area contributed by atoms with Crippen molar-refractivity contribution < 1.29 is 4.74 Å². The van der Waals surface area contributed by atoms with Crippen molar-refractivity contribution in [3.63, 3.8) is 0 Å². The van der Waals surface area contributed by atoms with Crippen molar-refractivity contribution >= 4 is 22.6 Å². The van der Waals surface area contributed by atoms with Gasteiger partial charge in [0.05, 0.1) is 10.2 Å². The Bertz CT molecular complexity index is 327. The van der Waals surface area contributed by atoms with Crippen LogP contribution in [0.25, 0.3) is 0 Å². The SMILES string of the molecule is CC1COc2c(I)cccc2C1N. The molecule has 1 aliphatic heterocycles. The van der Waals surface area contributed by atoms with Gasteiger partial charge in [-0.25, -0.2) is 0 Å². The van der Waals surface area contributed by atoms with Crippen LogP contribution in [0.3, 0.4) is 0 Å². The molecule has 0 aromatic heterocycles. The van der Waals surface area contributed by atoms with Crippen molar-refractivity contribution in [3.05, 3.63) is 27.3 Å². The van der Waals surface area contributed by atoms with Crippen LogP contribution >= 0.6 is 22.6 Å². The molecule has 0 spiro atoms. The van der Waals surface area contributed by atoms with Crippen molar-refractivity contribution in [1.82, 2.24) is 0 Å². The molecule has 13 heavy (non-hydrogen) atoms. The van der Waals surface area contributed by atoms with E-state index >= 15 is 0 Å². The second-order valence-corrected chi connectivity index (χ2v) is 4.63. The van der Waals surface area contributed by atoms with E-state index in [0.717, 1.165) is 21.5 Å². The van der Waals surface area contributed by atoms with Gasteiger partial charge in [0, 0.05) is 17.5 Å². The first kappa shape index (κ1) is 9.27. The maximum absolute atomic E-state index is 6.08. The Morgan fingerprint density at radius 3 is 3.08 bits per heavy atom. The molecule has 0 saturated carbocycles. The van der Waals surface area contributed by atoms with Gasteiger partial charge in [0.1, 0.15) is 5.75 Å². The van der Waals surface area contributed by atoms with Gasteiger partial charge in [-0.05, 0) is 28.7 Å². The summed E-state index contributed by atoms with van der Waals surface area (Å²) in [4.78, 5) is 0. The highest BCUT2D eigenvalue weighted by Gasteiger charge is 2.25. The predicted octanol–water partition coefficient (Wildman–Crippen LogP) is 2.32.